The number of nitrogens with zero attached hydrogens (tertiary/aromatic N) is 3. The molecule has 49 heavy (non-hydrogen) atoms. The zero-order valence-corrected chi connectivity index (χ0v) is 26.3. The Morgan fingerprint density at radius 2 is 1.04 bits per heavy atom. The number of pyridine rings is 1. The molecule has 10 aromatic rings. The fourth-order valence-corrected chi connectivity index (χ4v) is 7.20. The van der Waals surface area contributed by atoms with Gasteiger partial charge in [-0.1, -0.05) is 140 Å². The first-order chi connectivity index (χ1) is 24.3. The van der Waals surface area contributed by atoms with Crippen molar-refractivity contribution in [1.82, 2.24) is 15.0 Å². The summed E-state index contributed by atoms with van der Waals surface area (Å²) in [5.41, 5.74) is 9.01. The molecule has 10 rings (SSSR count). The van der Waals surface area contributed by atoms with Gasteiger partial charge in [0.2, 0.25) is 0 Å². The Balaban J connectivity index is 1.33. The smallest absolute Gasteiger partial charge is 0.160 e. The number of rotatable bonds is 4. The van der Waals surface area contributed by atoms with Crippen molar-refractivity contribution >= 4 is 54.4 Å². The van der Waals surface area contributed by atoms with E-state index in [1.165, 1.54) is 16.2 Å². The maximum atomic E-state index is 6.73. The van der Waals surface area contributed by atoms with Crippen molar-refractivity contribution in [3.63, 3.8) is 0 Å². The summed E-state index contributed by atoms with van der Waals surface area (Å²) in [5.74, 6) is 0.666. The Bertz CT molecular complexity index is 2820. The molecular weight excluding hydrogens is 599 g/mol. The molecule has 0 fully saturated rings. The summed E-state index contributed by atoms with van der Waals surface area (Å²) in [7, 11) is 0. The molecule has 0 radical (unpaired) electrons. The molecular formula is C45H27N3O. The third-order valence-electron chi connectivity index (χ3n) is 9.46. The van der Waals surface area contributed by atoms with Gasteiger partial charge in [0.25, 0.3) is 0 Å². The molecule has 228 valence electrons. The highest BCUT2D eigenvalue weighted by Gasteiger charge is 2.22. The lowest BCUT2D eigenvalue weighted by atomic mass is 9.93. The van der Waals surface area contributed by atoms with E-state index in [-0.39, 0.29) is 0 Å². The van der Waals surface area contributed by atoms with E-state index in [9.17, 15) is 0 Å². The third kappa shape index (κ3) is 4.42. The minimum atomic E-state index is 0.666. The van der Waals surface area contributed by atoms with Crippen molar-refractivity contribution in [3.8, 4) is 45.2 Å². The lowest BCUT2D eigenvalue weighted by Gasteiger charge is -2.14. The Morgan fingerprint density at radius 3 is 1.86 bits per heavy atom. The normalized spacial score (nSPS) is 11.7. The van der Waals surface area contributed by atoms with Crippen LogP contribution in [0, 0.1) is 0 Å². The van der Waals surface area contributed by atoms with Crippen molar-refractivity contribution in [2.75, 3.05) is 0 Å². The molecule has 0 saturated heterocycles. The highest BCUT2D eigenvalue weighted by molar-refractivity contribution is 6.24. The lowest BCUT2D eigenvalue weighted by molar-refractivity contribution is 0.672. The molecule has 0 bridgehead atoms. The van der Waals surface area contributed by atoms with Gasteiger partial charge in [0.05, 0.1) is 28.0 Å². The maximum absolute atomic E-state index is 6.73. The van der Waals surface area contributed by atoms with E-state index in [0.29, 0.717) is 5.82 Å². The van der Waals surface area contributed by atoms with Crippen molar-refractivity contribution < 1.29 is 4.42 Å². The Kier molecular flexibility index (Phi) is 6.15. The van der Waals surface area contributed by atoms with E-state index in [1.807, 2.05) is 48.5 Å². The molecule has 3 aromatic heterocycles. The molecule has 0 aliphatic rings. The first-order valence-electron chi connectivity index (χ1n) is 16.5. The fraction of sp³-hybridized carbons (Fsp3) is 0. The van der Waals surface area contributed by atoms with Gasteiger partial charge >= 0.3 is 0 Å². The standard InChI is InChI=1S/C45H27N3O/c1-3-14-28(15-4-1)38-27-39(47-45(46-38)29-16-5-2-6-17-29)34-23-13-24-36-42(34)48-43(41-35-22-11-12-25-40(35)49-44(36)41)37-26-30-18-7-8-19-31(30)32-20-9-10-21-33(32)37/h1-27H. The minimum absolute atomic E-state index is 0.666. The van der Waals surface area contributed by atoms with Crippen LogP contribution in [0.1, 0.15) is 0 Å². The highest BCUT2D eigenvalue weighted by Crippen LogP contribution is 2.44. The molecule has 0 atom stereocenters. The Hall–Kier alpha value is -6.65. The number of hydrogen-bond acceptors (Lipinski definition) is 4. The molecule has 4 heteroatoms. The van der Waals surface area contributed by atoms with Crippen LogP contribution < -0.4 is 0 Å². The summed E-state index contributed by atoms with van der Waals surface area (Å²) in [5, 5.41) is 7.74. The largest absolute Gasteiger partial charge is 0.455 e. The second-order valence-corrected chi connectivity index (χ2v) is 12.3. The molecule has 0 N–H and O–H groups in total. The first kappa shape index (κ1) is 27.5. The highest BCUT2D eigenvalue weighted by atomic mass is 16.3. The van der Waals surface area contributed by atoms with Crippen molar-refractivity contribution in [3.05, 3.63) is 164 Å². The van der Waals surface area contributed by atoms with Crippen LogP contribution in [0.25, 0.3) is 99.5 Å². The molecule has 0 amide bonds. The topological polar surface area (TPSA) is 51.8 Å². The molecule has 0 spiro atoms. The minimum Gasteiger partial charge on any atom is -0.455 e. The summed E-state index contributed by atoms with van der Waals surface area (Å²) < 4.78 is 6.73. The fourth-order valence-electron chi connectivity index (χ4n) is 7.20. The van der Waals surface area contributed by atoms with E-state index in [2.05, 4.69) is 115 Å². The van der Waals surface area contributed by atoms with Crippen LogP contribution in [0.4, 0.5) is 0 Å². The molecule has 0 saturated carbocycles. The summed E-state index contributed by atoms with van der Waals surface area (Å²) in [6, 6.07) is 56.5. The SMILES string of the molecule is c1ccc(-c2cc(-c3cccc4c3nc(-c3cc5ccccc5c5ccccc35)c3c5ccccc5oc43)nc(-c3ccccc3)n2)cc1. The number of fused-ring (bicyclic) bond motifs is 8. The van der Waals surface area contributed by atoms with Gasteiger partial charge in [-0.25, -0.2) is 15.0 Å². The number of aromatic nitrogens is 3. The Morgan fingerprint density at radius 1 is 0.408 bits per heavy atom. The van der Waals surface area contributed by atoms with Gasteiger partial charge < -0.3 is 4.42 Å². The van der Waals surface area contributed by atoms with Crippen LogP contribution in [0.3, 0.4) is 0 Å². The summed E-state index contributed by atoms with van der Waals surface area (Å²) in [4.78, 5) is 15.8. The molecule has 0 aliphatic heterocycles. The predicted molar refractivity (Wildman–Crippen MR) is 201 cm³/mol. The zero-order chi connectivity index (χ0) is 32.3. The average molecular weight is 626 g/mol. The lowest BCUT2D eigenvalue weighted by Crippen LogP contribution is -1.97. The van der Waals surface area contributed by atoms with Gasteiger partial charge in [0.1, 0.15) is 11.2 Å². The average Bonchev–Trinajstić information content (AvgIpc) is 3.58. The van der Waals surface area contributed by atoms with E-state index in [1.54, 1.807) is 0 Å². The number of para-hydroxylation sites is 2. The van der Waals surface area contributed by atoms with Crippen LogP contribution in [0.5, 0.6) is 0 Å². The van der Waals surface area contributed by atoms with Gasteiger partial charge in [-0.05, 0) is 45.8 Å². The van der Waals surface area contributed by atoms with Gasteiger partial charge in [-0.2, -0.15) is 0 Å². The number of hydrogen-bond donors (Lipinski definition) is 0. The van der Waals surface area contributed by atoms with E-state index < -0.39 is 0 Å². The molecule has 0 unspecified atom stereocenters. The zero-order valence-electron chi connectivity index (χ0n) is 26.3. The van der Waals surface area contributed by atoms with E-state index in [4.69, 9.17) is 19.4 Å². The number of furan rings is 1. The Labute approximate surface area is 282 Å². The van der Waals surface area contributed by atoms with Crippen LogP contribution in [0.15, 0.2) is 168 Å². The molecule has 7 aromatic carbocycles. The first-order valence-corrected chi connectivity index (χ1v) is 16.5. The monoisotopic (exact) mass is 625 g/mol. The molecule has 4 nitrogen and oxygen atoms in total. The van der Waals surface area contributed by atoms with Crippen molar-refractivity contribution in [2.24, 2.45) is 0 Å². The van der Waals surface area contributed by atoms with Crippen molar-refractivity contribution in [2.45, 2.75) is 0 Å². The molecule has 3 heterocycles. The van der Waals surface area contributed by atoms with E-state index >= 15 is 0 Å². The van der Waals surface area contributed by atoms with Crippen LogP contribution >= 0.6 is 0 Å². The van der Waals surface area contributed by atoms with Gasteiger partial charge in [-0.15, -0.1) is 0 Å². The molecule has 0 aliphatic carbocycles. The summed E-state index contributed by atoms with van der Waals surface area (Å²) in [6.45, 7) is 0. The second kappa shape index (κ2) is 11.0. The third-order valence-corrected chi connectivity index (χ3v) is 9.46. The predicted octanol–water partition coefficient (Wildman–Crippen LogP) is 11.9. The van der Waals surface area contributed by atoms with Crippen molar-refractivity contribution in [1.29, 1.82) is 0 Å². The second-order valence-electron chi connectivity index (χ2n) is 12.3. The number of benzene rings is 7. The van der Waals surface area contributed by atoms with Gasteiger partial charge in [0, 0.05) is 33.0 Å². The van der Waals surface area contributed by atoms with Gasteiger partial charge in [-0.3, -0.25) is 0 Å². The summed E-state index contributed by atoms with van der Waals surface area (Å²) in [6.07, 6.45) is 0. The maximum Gasteiger partial charge on any atom is 0.160 e. The van der Waals surface area contributed by atoms with Crippen LogP contribution in [0.2, 0.25) is 0 Å². The quantitative estimate of drug-likeness (QED) is 0.183. The van der Waals surface area contributed by atoms with Crippen LogP contribution in [-0.2, 0) is 0 Å². The van der Waals surface area contributed by atoms with E-state index in [0.717, 1.165) is 77.6 Å². The van der Waals surface area contributed by atoms with Gasteiger partial charge in [0.15, 0.2) is 5.82 Å². The summed E-state index contributed by atoms with van der Waals surface area (Å²) >= 11 is 0. The van der Waals surface area contributed by atoms with Crippen LogP contribution in [-0.4, -0.2) is 15.0 Å².